The second-order valence-electron chi connectivity index (χ2n) is 5.51. The summed E-state index contributed by atoms with van der Waals surface area (Å²) < 4.78 is 0. The highest BCUT2D eigenvalue weighted by Crippen LogP contribution is 2.37. The van der Waals surface area contributed by atoms with Crippen LogP contribution >= 0.6 is 0 Å². The van der Waals surface area contributed by atoms with Gasteiger partial charge in [-0.05, 0) is 31.7 Å². The molecule has 0 bridgehead atoms. The molecule has 1 fully saturated rings. The van der Waals surface area contributed by atoms with E-state index in [-0.39, 0.29) is 11.5 Å². The lowest BCUT2D eigenvalue weighted by Crippen LogP contribution is -2.34. The van der Waals surface area contributed by atoms with Crippen molar-refractivity contribution >= 4 is 0 Å². The van der Waals surface area contributed by atoms with Crippen LogP contribution in [0.3, 0.4) is 0 Å². The van der Waals surface area contributed by atoms with Crippen LogP contribution in [0.2, 0.25) is 0 Å². The van der Waals surface area contributed by atoms with Crippen molar-refractivity contribution in [3.63, 3.8) is 0 Å². The van der Waals surface area contributed by atoms with Crippen molar-refractivity contribution in [3.8, 4) is 17.2 Å². The number of benzene rings is 1. The molecule has 1 atom stereocenters. The average Bonchev–Trinajstić information content (AvgIpc) is 2.45. The van der Waals surface area contributed by atoms with Crippen LogP contribution < -0.4 is 5.32 Å². The highest BCUT2D eigenvalue weighted by atomic mass is 16.3. The zero-order chi connectivity index (χ0) is 13.8. The highest BCUT2D eigenvalue weighted by molar-refractivity contribution is 5.52. The molecule has 4 N–H and O–H groups in total. The summed E-state index contributed by atoms with van der Waals surface area (Å²) >= 11 is 0. The molecule has 0 radical (unpaired) electrons. The van der Waals surface area contributed by atoms with Crippen molar-refractivity contribution < 1.29 is 15.3 Å². The molecule has 19 heavy (non-hydrogen) atoms. The summed E-state index contributed by atoms with van der Waals surface area (Å²) in [5.74, 6) is -0.267. The molecule has 0 saturated heterocycles. The SMILES string of the molecule is C[C@@H](NCc1ccc(O)c(O)c1O)C1CCCCC1. The quantitative estimate of drug-likeness (QED) is 0.632. The Bertz CT molecular complexity index is 428. The summed E-state index contributed by atoms with van der Waals surface area (Å²) in [6.45, 7) is 2.67. The number of phenols is 3. The molecular formula is C15H23NO3. The van der Waals surface area contributed by atoms with E-state index in [1.807, 2.05) is 0 Å². The largest absolute Gasteiger partial charge is 0.504 e. The fraction of sp³-hybridized carbons (Fsp3) is 0.600. The first-order valence-corrected chi connectivity index (χ1v) is 7.05. The fourth-order valence-electron chi connectivity index (χ4n) is 2.83. The van der Waals surface area contributed by atoms with Gasteiger partial charge in [-0.25, -0.2) is 0 Å². The summed E-state index contributed by atoms with van der Waals surface area (Å²) in [5, 5.41) is 31.9. The Morgan fingerprint density at radius 3 is 2.47 bits per heavy atom. The first-order chi connectivity index (χ1) is 9.09. The maximum Gasteiger partial charge on any atom is 0.200 e. The minimum absolute atomic E-state index is 0.233. The average molecular weight is 265 g/mol. The molecular weight excluding hydrogens is 242 g/mol. The minimum atomic E-state index is -0.440. The normalized spacial score (nSPS) is 18.4. The lowest BCUT2D eigenvalue weighted by atomic mass is 9.84. The third-order valence-electron chi connectivity index (χ3n) is 4.18. The molecule has 1 saturated carbocycles. The number of hydrogen-bond donors (Lipinski definition) is 4. The van der Waals surface area contributed by atoms with Crippen LogP contribution in [0.5, 0.6) is 17.2 Å². The summed E-state index contributed by atoms with van der Waals surface area (Å²) in [4.78, 5) is 0. The van der Waals surface area contributed by atoms with Gasteiger partial charge in [-0.2, -0.15) is 0 Å². The molecule has 0 aromatic heterocycles. The van der Waals surface area contributed by atoms with Crippen LogP contribution in [0.4, 0.5) is 0 Å². The fourth-order valence-corrected chi connectivity index (χ4v) is 2.83. The highest BCUT2D eigenvalue weighted by Gasteiger charge is 2.20. The molecule has 4 heteroatoms. The van der Waals surface area contributed by atoms with Crippen molar-refractivity contribution in [1.29, 1.82) is 0 Å². The number of phenolic OH excluding ortho intramolecular Hbond substituents is 3. The third-order valence-corrected chi connectivity index (χ3v) is 4.18. The summed E-state index contributed by atoms with van der Waals surface area (Å²) in [6, 6.07) is 3.43. The van der Waals surface area contributed by atoms with Gasteiger partial charge >= 0.3 is 0 Å². The minimum Gasteiger partial charge on any atom is -0.504 e. The van der Waals surface area contributed by atoms with E-state index in [0.717, 1.165) is 0 Å². The van der Waals surface area contributed by atoms with Crippen molar-refractivity contribution in [2.75, 3.05) is 0 Å². The van der Waals surface area contributed by atoms with Gasteiger partial charge < -0.3 is 20.6 Å². The molecule has 4 nitrogen and oxygen atoms in total. The van der Waals surface area contributed by atoms with Crippen LogP contribution in [-0.4, -0.2) is 21.4 Å². The maximum atomic E-state index is 9.75. The Labute approximate surface area is 114 Å². The Kier molecular flexibility index (Phi) is 4.53. The van der Waals surface area contributed by atoms with E-state index in [1.165, 1.54) is 38.2 Å². The maximum absolute atomic E-state index is 9.75. The molecule has 0 aliphatic heterocycles. The van der Waals surface area contributed by atoms with Crippen LogP contribution in [-0.2, 0) is 6.54 Å². The van der Waals surface area contributed by atoms with Crippen molar-refractivity contribution in [3.05, 3.63) is 17.7 Å². The van der Waals surface area contributed by atoms with E-state index < -0.39 is 5.75 Å². The second-order valence-corrected chi connectivity index (χ2v) is 5.51. The zero-order valence-electron chi connectivity index (χ0n) is 11.4. The first kappa shape index (κ1) is 14.0. The standard InChI is InChI=1S/C15H23NO3/c1-10(11-5-3-2-4-6-11)16-9-12-7-8-13(17)15(19)14(12)18/h7-8,10-11,16-19H,2-6,9H2,1H3/t10-/m1/s1. The zero-order valence-corrected chi connectivity index (χ0v) is 11.4. The van der Waals surface area contributed by atoms with Gasteiger partial charge in [0.15, 0.2) is 11.5 Å². The van der Waals surface area contributed by atoms with Gasteiger partial charge in [-0.1, -0.05) is 25.3 Å². The van der Waals surface area contributed by atoms with E-state index in [2.05, 4.69) is 12.2 Å². The molecule has 106 valence electrons. The molecule has 0 unspecified atom stereocenters. The summed E-state index contributed by atoms with van der Waals surface area (Å²) in [5.41, 5.74) is 0.609. The van der Waals surface area contributed by atoms with Crippen molar-refractivity contribution in [2.45, 2.75) is 51.6 Å². The predicted molar refractivity (Wildman–Crippen MR) is 74.3 cm³/mol. The lowest BCUT2D eigenvalue weighted by molar-refractivity contribution is 0.279. The van der Waals surface area contributed by atoms with E-state index in [1.54, 1.807) is 6.07 Å². The van der Waals surface area contributed by atoms with Gasteiger partial charge in [0.25, 0.3) is 0 Å². The molecule has 2 rings (SSSR count). The summed E-state index contributed by atoms with van der Waals surface area (Å²) in [7, 11) is 0. The topological polar surface area (TPSA) is 72.7 Å². The number of nitrogens with one attached hydrogen (secondary N) is 1. The third kappa shape index (κ3) is 3.32. The smallest absolute Gasteiger partial charge is 0.200 e. The Morgan fingerprint density at radius 1 is 1.11 bits per heavy atom. The Morgan fingerprint density at radius 2 is 1.79 bits per heavy atom. The van der Waals surface area contributed by atoms with Crippen LogP contribution in [0, 0.1) is 5.92 Å². The van der Waals surface area contributed by atoms with Crippen LogP contribution in [0.15, 0.2) is 12.1 Å². The second kappa shape index (κ2) is 6.15. The van der Waals surface area contributed by atoms with Gasteiger partial charge in [0.05, 0.1) is 0 Å². The molecule has 1 aliphatic rings. The molecule has 1 aliphatic carbocycles. The molecule has 0 heterocycles. The Balaban J connectivity index is 1.93. The van der Waals surface area contributed by atoms with Gasteiger partial charge in [0, 0.05) is 18.2 Å². The van der Waals surface area contributed by atoms with E-state index in [0.29, 0.717) is 24.1 Å². The van der Waals surface area contributed by atoms with E-state index >= 15 is 0 Å². The monoisotopic (exact) mass is 265 g/mol. The van der Waals surface area contributed by atoms with Gasteiger partial charge in [-0.15, -0.1) is 0 Å². The predicted octanol–water partition coefficient (Wildman–Crippen LogP) is 2.86. The van der Waals surface area contributed by atoms with Gasteiger partial charge in [0.2, 0.25) is 5.75 Å². The number of rotatable bonds is 4. The molecule has 0 spiro atoms. The molecule has 1 aromatic carbocycles. The molecule has 1 aromatic rings. The van der Waals surface area contributed by atoms with Crippen LogP contribution in [0.25, 0.3) is 0 Å². The lowest BCUT2D eigenvalue weighted by Gasteiger charge is -2.28. The van der Waals surface area contributed by atoms with E-state index in [4.69, 9.17) is 0 Å². The van der Waals surface area contributed by atoms with Crippen molar-refractivity contribution in [1.82, 2.24) is 5.32 Å². The van der Waals surface area contributed by atoms with Gasteiger partial charge in [-0.3, -0.25) is 0 Å². The number of aromatic hydroxyl groups is 3. The number of hydrogen-bond acceptors (Lipinski definition) is 4. The van der Waals surface area contributed by atoms with Gasteiger partial charge in [0.1, 0.15) is 0 Å². The van der Waals surface area contributed by atoms with Crippen molar-refractivity contribution in [2.24, 2.45) is 5.92 Å². The Hall–Kier alpha value is -1.42. The van der Waals surface area contributed by atoms with Crippen LogP contribution in [0.1, 0.15) is 44.6 Å². The first-order valence-electron chi connectivity index (χ1n) is 7.05. The summed E-state index contributed by atoms with van der Waals surface area (Å²) in [6.07, 6.45) is 6.49. The molecule has 0 amide bonds. The van der Waals surface area contributed by atoms with E-state index in [9.17, 15) is 15.3 Å².